The van der Waals surface area contributed by atoms with Gasteiger partial charge >= 0.3 is 0 Å². The van der Waals surface area contributed by atoms with E-state index < -0.39 is 16.6 Å². The van der Waals surface area contributed by atoms with E-state index in [1.807, 2.05) is 13.8 Å². The highest BCUT2D eigenvalue weighted by atomic mass is 32.2. The molecule has 0 saturated carbocycles. The summed E-state index contributed by atoms with van der Waals surface area (Å²) in [4.78, 5) is 0. The standard InChI is InChI=1S/C12H19NO5S/c1-3-17-11-6-5-10(9-12(11)18-4-2)13-19(15,16)8-7-14/h5-6,9,13-14H,3-4,7-8H2,1-2H3. The van der Waals surface area contributed by atoms with Gasteiger partial charge in [-0.3, -0.25) is 4.72 Å². The second-order valence-corrected chi connectivity index (χ2v) is 5.51. The maximum Gasteiger partial charge on any atom is 0.234 e. The van der Waals surface area contributed by atoms with E-state index in [1.54, 1.807) is 18.2 Å². The van der Waals surface area contributed by atoms with Crippen molar-refractivity contribution in [1.29, 1.82) is 0 Å². The number of rotatable bonds is 8. The molecule has 1 rings (SSSR count). The lowest BCUT2D eigenvalue weighted by Crippen LogP contribution is -2.18. The molecule has 0 aromatic heterocycles. The number of hydrogen-bond donors (Lipinski definition) is 2. The van der Waals surface area contributed by atoms with Crippen LogP contribution in [-0.2, 0) is 10.0 Å². The molecular formula is C12H19NO5S. The van der Waals surface area contributed by atoms with Gasteiger partial charge in [-0.15, -0.1) is 0 Å². The van der Waals surface area contributed by atoms with E-state index in [0.29, 0.717) is 30.4 Å². The summed E-state index contributed by atoms with van der Waals surface area (Å²) in [7, 11) is -3.54. The van der Waals surface area contributed by atoms with Crippen LogP contribution in [0.3, 0.4) is 0 Å². The van der Waals surface area contributed by atoms with Crippen molar-refractivity contribution in [2.24, 2.45) is 0 Å². The van der Waals surface area contributed by atoms with Crippen LogP contribution in [0.2, 0.25) is 0 Å². The minimum Gasteiger partial charge on any atom is -0.490 e. The first-order chi connectivity index (χ1) is 9.02. The van der Waals surface area contributed by atoms with Crippen LogP contribution in [0.5, 0.6) is 11.5 Å². The van der Waals surface area contributed by atoms with Crippen LogP contribution in [-0.4, -0.2) is 39.1 Å². The Morgan fingerprint density at radius 3 is 2.37 bits per heavy atom. The molecule has 1 aromatic carbocycles. The molecule has 1 aromatic rings. The minimum atomic E-state index is -3.54. The van der Waals surface area contributed by atoms with E-state index in [4.69, 9.17) is 14.6 Å². The van der Waals surface area contributed by atoms with E-state index in [-0.39, 0.29) is 5.75 Å². The summed E-state index contributed by atoms with van der Waals surface area (Å²) < 4.78 is 36.2. The number of aliphatic hydroxyl groups excluding tert-OH is 1. The van der Waals surface area contributed by atoms with Gasteiger partial charge in [-0.1, -0.05) is 0 Å². The number of ether oxygens (including phenoxy) is 2. The zero-order chi connectivity index (χ0) is 14.3. The molecule has 0 amide bonds. The molecule has 0 fully saturated rings. The Morgan fingerprint density at radius 1 is 1.16 bits per heavy atom. The van der Waals surface area contributed by atoms with Crippen molar-refractivity contribution in [1.82, 2.24) is 0 Å². The second kappa shape index (κ2) is 7.20. The number of sulfonamides is 1. The zero-order valence-corrected chi connectivity index (χ0v) is 11.9. The van der Waals surface area contributed by atoms with Crippen molar-refractivity contribution in [2.45, 2.75) is 13.8 Å². The molecule has 0 aliphatic carbocycles. The summed E-state index contributed by atoms with van der Waals surface area (Å²) in [6.45, 7) is 4.21. The maximum atomic E-state index is 11.5. The first-order valence-corrected chi connectivity index (χ1v) is 7.68. The fraction of sp³-hybridized carbons (Fsp3) is 0.500. The average Bonchev–Trinajstić information content (AvgIpc) is 2.32. The van der Waals surface area contributed by atoms with Gasteiger partial charge in [-0.25, -0.2) is 8.42 Å². The first kappa shape index (κ1) is 15.6. The van der Waals surface area contributed by atoms with Crippen molar-refractivity contribution in [3.8, 4) is 11.5 Å². The minimum absolute atomic E-state index is 0.343. The normalized spacial score (nSPS) is 11.1. The van der Waals surface area contributed by atoms with Crippen molar-refractivity contribution in [3.05, 3.63) is 18.2 Å². The lowest BCUT2D eigenvalue weighted by molar-refractivity contribution is 0.288. The molecule has 0 heterocycles. The van der Waals surface area contributed by atoms with E-state index in [2.05, 4.69) is 4.72 Å². The Morgan fingerprint density at radius 2 is 1.79 bits per heavy atom. The second-order valence-electron chi connectivity index (χ2n) is 3.67. The van der Waals surface area contributed by atoms with E-state index in [1.165, 1.54) is 0 Å². The summed E-state index contributed by atoms with van der Waals surface area (Å²) in [6, 6.07) is 4.79. The predicted molar refractivity (Wildman–Crippen MR) is 73.3 cm³/mol. The first-order valence-electron chi connectivity index (χ1n) is 6.03. The Balaban J connectivity index is 2.94. The van der Waals surface area contributed by atoms with Crippen molar-refractivity contribution in [3.63, 3.8) is 0 Å². The molecule has 19 heavy (non-hydrogen) atoms. The number of benzene rings is 1. The maximum absolute atomic E-state index is 11.5. The van der Waals surface area contributed by atoms with Gasteiger partial charge in [0.15, 0.2) is 11.5 Å². The van der Waals surface area contributed by atoms with Gasteiger partial charge in [-0.05, 0) is 26.0 Å². The van der Waals surface area contributed by atoms with Crippen LogP contribution >= 0.6 is 0 Å². The van der Waals surface area contributed by atoms with Crippen LogP contribution in [0.4, 0.5) is 5.69 Å². The SMILES string of the molecule is CCOc1ccc(NS(=O)(=O)CCO)cc1OCC. The van der Waals surface area contributed by atoms with Crippen molar-refractivity contribution >= 4 is 15.7 Å². The highest BCUT2D eigenvalue weighted by molar-refractivity contribution is 7.92. The molecule has 0 atom stereocenters. The third kappa shape index (κ3) is 4.96. The van der Waals surface area contributed by atoms with E-state index in [9.17, 15) is 8.42 Å². The van der Waals surface area contributed by atoms with Crippen LogP contribution in [0.1, 0.15) is 13.8 Å². The molecule has 0 bridgehead atoms. The molecule has 0 saturated heterocycles. The Labute approximate surface area is 113 Å². The van der Waals surface area contributed by atoms with Crippen LogP contribution in [0, 0.1) is 0 Å². The van der Waals surface area contributed by atoms with Gasteiger partial charge in [0.1, 0.15) is 0 Å². The van der Waals surface area contributed by atoms with Gasteiger partial charge in [0.25, 0.3) is 0 Å². The van der Waals surface area contributed by atoms with Crippen LogP contribution < -0.4 is 14.2 Å². The monoisotopic (exact) mass is 289 g/mol. The predicted octanol–water partition coefficient (Wildman–Crippen LogP) is 1.22. The van der Waals surface area contributed by atoms with Crippen LogP contribution in [0.25, 0.3) is 0 Å². The molecule has 0 spiro atoms. The zero-order valence-electron chi connectivity index (χ0n) is 11.0. The summed E-state index contributed by atoms with van der Waals surface area (Å²) >= 11 is 0. The molecule has 108 valence electrons. The molecule has 0 aliphatic rings. The Kier molecular flexibility index (Phi) is 5.91. The fourth-order valence-electron chi connectivity index (χ4n) is 1.47. The van der Waals surface area contributed by atoms with Gasteiger partial charge in [0, 0.05) is 6.07 Å². The average molecular weight is 289 g/mol. The summed E-state index contributed by atoms with van der Waals surface area (Å²) in [5.74, 6) is 0.701. The highest BCUT2D eigenvalue weighted by Crippen LogP contribution is 2.30. The van der Waals surface area contributed by atoms with Crippen molar-refractivity contribution in [2.75, 3.05) is 30.3 Å². The number of aliphatic hydroxyl groups is 1. The largest absolute Gasteiger partial charge is 0.490 e. The topological polar surface area (TPSA) is 84.9 Å². The highest BCUT2D eigenvalue weighted by Gasteiger charge is 2.12. The molecular weight excluding hydrogens is 270 g/mol. The summed E-state index contributed by atoms with van der Waals surface area (Å²) in [6.07, 6.45) is 0. The molecule has 7 heteroatoms. The van der Waals surface area contributed by atoms with Gasteiger partial charge in [0.05, 0.1) is 31.3 Å². The Bertz CT molecular complexity index is 501. The van der Waals surface area contributed by atoms with Crippen molar-refractivity contribution < 1.29 is 23.0 Å². The molecule has 0 radical (unpaired) electrons. The van der Waals surface area contributed by atoms with Crippen LogP contribution in [0.15, 0.2) is 18.2 Å². The lowest BCUT2D eigenvalue weighted by atomic mass is 10.3. The molecule has 0 aliphatic heterocycles. The molecule has 6 nitrogen and oxygen atoms in total. The van der Waals surface area contributed by atoms with Gasteiger partial charge in [0.2, 0.25) is 10.0 Å². The summed E-state index contributed by atoms with van der Waals surface area (Å²) in [5, 5.41) is 8.67. The Hall–Kier alpha value is -1.47. The molecule has 2 N–H and O–H groups in total. The number of anilines is 1. The van der Waals surface area contributed by atoms with Gasteiger partial charge in [-0.2, -0.15) is 0 Å². The number of hydrogen-bond acceptors (Lipinski definition) is 5. The third-order valence-corrected chi connectivity index (χ3v) is 3.44. The lowest BCUT2D eigenvalue weighted by Gasteiger charge is -2.13. The molecule has 0 unspecified atom stereocenters. The third-order valence-electron chi connectivity index (χ3n) is 2.18. The number of nitrogens with one attached hydrogen (secondary N) is 1. The fourth-order valence-corrected chi connectivity index (χ4v) is 2.29. The summed E-state index contributed by atoms with van der Waals surface area (Å²) in [5.41, 5.74) is 0.375. The quantitative estimate of drug-likeness (QED) is 0.751. The van der Waals surface area contributed by atoms with Gasteiger partial charge < -0.3 is 14.6 Å². The smallest absolute Gasteiger partial charge is 0.234 e. The van der Waals surface area contributed by atoms with E-state index in [0.717, 1.165) is 0 Å². The van der Waals surface area contributed by atoms with E-state index >= 15 is 0 Å².